The highest BCUT2D eigenvalue weighted by Gasteiger charge is 2.12. The van der Waals surface area contributed by atoms with Crippen LogP contribution in [0, 0.1) is 0 Å². The number of hydrogen-bond donors (Lipinski definition) is 2. The first-order valence-corrected chi connectivity index (χ1v) is 8.10. The van der Waals surface area contributed by atoms with Crippen LogP contribution in [0.4, 0.5) is 5.69 Å². The molecule has 0 radical (unpaired) electrons. The topological polar surface area (TPSA) is 32.3 Å². The van der Waals surface area contributed by atoms with Crippen molar-refractivity contribution in [1.29, 1.82) is 0 Å². The number of nitrogens with one attached hydrogen (secondary N) is 1. The molecule has 20 heavy (non-hydrogen) atoms. The number of para-hydroxylation sites is 1. The number of benzene rings is 2. The summed E-state index contributed by atoms with van der Waals surface area (Å²) in [6.07, 6.45) is 1.31. The van der Waals surface area contributed by atoms with Crippen LogP contribution in [0.5, 0.6) is 0 Å². The molecule has 0 bridgehead atoms. The second kappa shape index (κ2) is 7.23. The summed E-state index contributed by atoms with van der Waals surface area (Å²) in [5.41, 5.74) is 1.63. The highest BCUT2D eigenvalue weighted by atomic mass is 35.5. The van der Waals surface area contributed by atoms with E-state index in [4.69, 9.17) is 23.2 Å². The van der Waals surface area contributed by atoms with E-state index in [2.05, 4.69) is 5.32 Å². The normalized spacial score (nSPS) is 12.2. The molecule has 0 spiro atoms. The molecule has 0 aliphatic heterocycles. The van der Waals surface area contributed by atoms with E-state index in [0.29, 0.717) is 22.2 Å². The minimum Gasteiger partial charge on any atom is -0.387 e. The highest BCUT2D eigenvalue weighted by molar-refractivity contribution is 7.98. The third-order valence-electron chi connectivity index (χ3n) is 2.91. The van der Waals surface area contributed by atoms with Crippen LogP contribution >= 0.6 is 35.0 Å². The monoisotopic (exact) mass is 327 g/mol. The molecule has 0 saturated heterocycles. The lowest BCUT2D eigenvalue weighted by Gasteiger charge is -2.16. The predicted molar refractivity (Wildman–Crippen MR) is 88.1 cm³/mol. The molecule has 2 N–H and O–H groups in total. The van der Waals surface area contributed by atoms with E-state index >= 15 is 0 Å². The van der Waals surface area contributed by atoms with Gasteiger partial charge in [0.25, 0.3) is 0 Å². The van der Waals surface area contributed by atoms with Gasteiger partial charge in [0.1, 0.15) is 0 Å². The Balaban J connectivity index is 2.08. The van der Waals surface area contributed by atoms with Crippen molar-refractivity contribution in [2.45, 2.75) is 11.0 Å². The Hall–Kier alpha value is -0.870. The maximum atomic E-state index is 10.2. The molecule has 0 heterocycles. The van der Waals surface area contributed by atoms with Gasteiger partial charge in [-0.25, -0.2) is 0 Å². The van der Waals surface area contributed by atoms with Gasteiger partial charge in [0, 0.05) is 32.7 Å². The van der Waals surface area contributed by atoms with Gasteiger partial charge in [0.05, 0.1) is 6.10 Å². The minimum atomic E-state index is -0.712. The van der Waals surface area contributed by atoms with Gasteiger partial charge in [-0.05, 0) is 36.6 Å². The Labute approximate surface area is 133 Å². The molecule has 0 aliphatic rings. The average Bonchev–Trinajstić information content (AvgIpc) is 2.47. The quantitative estimate of drug-likeness (QED) is 0.769. The van der Waals surface area contributed by atoms with Crippen molar-refractivity contribution in [1.82, 2.24) is 0 Å². The van der Waals surface area contributed by atoms with Crippen molar-refractivity contribution < 1.29 is 5.11 Å². The maximum absolute atomic E-state index is 10.2. The molecule has 0 amide bonds. The standard InChI is InChI=1S/C15H15Cl2NOS/c1-20-15-5-3-2-4-13(15)18-9-14(19)11-8-10(16)6-7-12(11)17/h2-8,14,18-19H,9H2,1H3. The third kappa shape index (κ3) is 3.83. The Kier molecular flexibility index (Phi) is 5.61. The van der Waals surface area contributed by atoms with Crippen molar-refractivity contribution in [3.05, 3.63) is 58.1 Å². The highest BCUT2D eigenvalue weighted by Crippen LogP contribution is 2.28. The van der Waals surface area contributed by atoms with Crippen LogP contribution < -0.4 is 5.32 Å². The van der Waals surface area contributed by atoms with E-state index in [1.807, 2.05) is 30.5 Å². The Morgan fingerprint density at radius 3 is 2.70 bits per heavy atom. The zero-order valence-electron chi connectivity index (χ0n) is 10.9. The van der Waals surface area contributed by atoms with Crippen molar-refractivity contribution in [3.8, 4) is 0 Å². The van der Waals surface area contributed by atoms with Gasteiger partial charge in [0.2, 0.25) is 0 Å². The van der Waals surface area contributed by atoms with Crippen LogP contribution in [0.1, 0.15) is 11.7 Å². The number of thioether (sulfide) groups is 1. The van der Waals surface area contributed by atoms with E-state index in [-0.39, 0.29) is 0 Å². The van der Waals surface area contributed by atoms with Gasteiger partial charge in [-0.15, -0.1) is 11.8 Å². The summed E-state index contributed by atoms with van der Waals surface area (Å²) < 4.78 is 0. The molecule has 106 valence electrons. The Bertz CT molecular complexity index is 592. The summed E-state index contributed by atoms with van der Waals surface area (Å²) in [7, 11) is 0. The second-order valence-electron chi connectivity index (χ2n) is 4.26. The molecule has 0 aliphatic carbocycles. The van der Waals surface area contributed by atoms with Crippen molar-refractivity contribution in [2.24, 2.45) is 0 Å². The summed E-state index contributed by atoms with van der Waals surface area (Å²) >= 11 is 13.7. The molecule has 1 unspecified atom stereocenters. The largest absolute Gasteiger partial charge is 0.387 e. The van der Waals surface area contributed by atoms with E-state index in [1.165, 1.54) is 0 Å². The number of aliphatic hydroxyl groups excluding tert-OH is 1. The van der Waals surface area contributed by atoms with Crippen LogP contribution in [0.15, 0.2) is 47.4 Å². The lowest BCUT2D eigenvalue weighted by molar-refractivity contribution is 0.191. The average molecular weight is 328 g/mol. The van der Waals surface area contributed by atoms with Gasteiger partial charge in [-0.3, -0.25) is 0 Å². The van der Waals surface area contributed by atoms with Crippen LogP contribution in [0.2, 0.25) is 10.0 Å². The summed E-state index contributed by atoms with van der Waals surface area (Å²) in [6.45, 7) is 0.373. The molecule has 5 heteroatoms. The fraction of sp³-hybridized carbons (Fsp3) is 0.200. The summed E-state index contributed by atoms with van der Waals surface area (Å²) in [5.74, 6) is 0. The first-order chi connectivity index (χ1) is 9.61. The molecular formula is C15H15Cl2NOS. The number of hydrogen-bond acceptors (Lipinski definition) is 3. The molecular weight excluding hydrogens is 313 g/mol. The first kappa shape index (κ1) is 15.5. The molecule has 0 saturated carbocycles. The molecule has 2 aromatic rings. The van der Waals surface area contributed by atoms with Crippen LogP contribution in [-0.4, -0.2) is 17.9 Å². The maximum Gasteiger partial charge on any atom is 0.0977 e. The lowest BCUT2D eigenvalue weighted by Crippen LogP contribution is -2.13. The second-order valence-corrected chi connectivity index (χ2v) is 5.95. The molecule has 2 aromatic carbocycles. The predicted octanol–water partition coefficient (Wildman–Crippen LogP) is 4.86. The molecule has 0 aromatic heterocycles. The smallest absolute Gasteiger partial charge is 0.0977 e. The van der Waals surface area contributed by atoms with Gasteiger partial charge in [-0.2, -0.15) is 0 Å². The number of rotatable bonds is 5. The van der Waals surface area contributed by atoms with E-state index in [1.54, 1.807) is 30.0 Å². The lowest BCUT2D eigenvalue weighted by atomic mass is 10.1. The molecule has 1 atom stereocenters. The zero-order valence-corrected chi connectivity index (χ0v) is 13.3. The van der Waals surface area contributed by atoms with Gasteiger partial charge in [0.15, 0.2) is 0 Å². The fourth-order valence-electron chi connectivity index (χ4n) is 1.88. The number of aliphatic hydroxyl groups is 1. The summed E-state index contributed by atoms with van der Waals surface area (Å²) in [6, 6.07) is 13.1. The molecule has 0 fully saturated rings. The van der Waals surface area contributed by atoms with Gasteiger partial charge >= 0.3 is 0 Å². The minimum absolute atomic E-state index is 0.373. The van der Waals surface area contributed by atoms with Gasteiger partial charge < -0.3 is 10.4 Å². The van der Waals surface area contributed by atoms with Gasteiger partial charge in [-0.1, -0.05) is 35.3 Å². The van der Waals surface area contributed by atoms with E-state index < -0.39 is 6.10 Å². The summed E-state index contributed by atoms with van der Waals surface area (Å²) in [4.78, 5) is 1.14. The van der Waals surface area contributed by atoms with Crippen LogP contribution in [0.25, 0.3) is 0 Å². The zero-order chi connectivity index (χ0) is 14.5. The molecule has 2 nitrogen and oxygen atoms in total. The Morgan fingerprint density at radius 1 is 1.20 bits per heavy atom. The van der Waals surface area contributed by atoms with Crippen molar-refractivity contribution in [2.75, 3.05) is 18.1 Å². The van der Waals surface area contributed by atoms with E-state index in [9.17, 15) is 5.11 Å². The van der Waals surface area contributed by atoms with E-state index in [0.717, 1.165) is 10.6 Å². The van der Waals surface area contributed by atoms with Crippen LogP contribution in [0.3, 0.4) is 0 Å². The van der Waals surface area contributed by atoms with Crippen LogP contribution in [-0.2, 0) is 0 Å². The van der Waals surface area contributed by atoms with Crippen molar-refractivity contribution in [3.63, 3.8) is 0 Å². The molecule has 2 rings (SSSR count). The number of halogens is 2. The number of anilines is 1. The first-order valence-electron chi connectivity index (χ1n) is 6.11. The third-order valence-corrected chi connectivity index (χ3v) is 4.29. The Morgan fingerprint density at radius 2 is 1.95 bits per heavy atom. The SMILES string of the molecule is CSc1ccccc1NCC(O)c1cc(Cl)ccc1Cl. The summed E-state index contributed by atoms with van der Waals surface area (Å²) in [5, 5.41) is 14.6. The fourth-order valence-corrected chi connectivity index (χ4v) is 2.88. The van der Waals surface area contributed by atoms with Crippen molar-refractivity contribution >= 4 is 40.7 Å².